The Morgan fingerprint density at radius 3 is 1.36 bits per heavy atom. The number of nitrogens with zero attached hydrogens (tertiary/aromatic N) is 2. The van der Waals surface area contributed by atoms with Gasteiger partial charge in [0.2, 0.25) is 0 Å². The molecule has 132 valence electrons. The van der Waals surface area contributed by atoms with Crippen LogP contribution in [0.15, 0.2) is 0 Å². The first-order valence-electron chi connectivity index (χ1n) is 9.94. The van der Waals surface area contributed by atoms with Gasteiger partial charge in [0, 0.05) is 0 Å². The first-order valence-corrected chi connectivity index (χ1v) is 16.9. The molecular formula is C19H43InN2. The Bertz CT molecular complexity index is 222. The number of rotatable bonds is 14. The predicted molar refractivity (Wildman–Crippen MR) is 104 cm³/mol. The minimum absolute atomic E-state index is 0.717. The molecule has 0 saturated heterocycles. The predicted octanol–water partition coefficient (Wildman–Crippen LogP) is 5.13. The Labute approximate surface area is 149 Å². The van der Waals surface area contributed by atoms with Crippen LogP contribution in [0, 0.1) is 0 Å². The molecular weight excluding hydrogens is 371 g/mol. The molecule has 0 aromatic rings. The molecule has 0 spiro atoms. The van der Waals surface area contributed by atoms with E-state index in [9.17, 15) is 0 Å². The van der Waals surface area contributed by atoms with E-state index in [4.69, 9.17) is 0 Å². The fourth-order valence-electron chi connectivity index (χ4n) is 3.57. The average molecular weight is 414 g/mol. The molecule has 0 aliphatic rings. The third kappa shape index (κ3) is 10.5. The normalized spacial score (nSPS) is 12.1. The molecule has 0 fully saturated rings. The quantitative estimate of drug-likeness (QED) is 0.389. The Morgan fingerprint density at radius 1 is 0.682 bits per heavy atom. The van der Waals surface area contributed by atoms with E-state index in [-0.39, 0.29) is 0 Å². The molecule has 0 rings (SSSR count). The van der Waals surface area contributed by atoms with Crippen molar-refractivity contribution in [3.63, 3.8) is 0 Å². The maximum absolute atomic E-state index is 2.63. The molecule has 2 nitrogen and oxygen atoms in total. The van der Waals surface area contributed by atoms with Crippen LogP contribution in [0.25, 0.3) is 0 Å². The number of hydrogen-bond acceptors (Lipinski definition) is 2. The van der Waals surface area contributed by atoms with Gasteiger partial charge in [-0.2, -0.15) is 0 Å². The van der Waals surface area contributed by atoms with Crippen molar-refractivity contribution in [1.82, 2.24) is 9.80 Å². The van der Waals surface area contributed by atoms with E-state index in [1.807, 2.05) is 0 Å². The SMILES string of the molecule is CC[CH2][In]([CH2]CCN(CC)C(C)C)[CH2]CCN(CC)C(C)C. The molecule has 0 aromatic heterocycles. The molecule has 22 heavy (non-hydrogen) atoms. The van der Waals surface area contributed by atoms with Crippen molar-refractivity contribution >= 4 is 21.4 Å². The van der Waals surface area contributed by atoms with Crippen LogP contribution >= 0.6 is 0 Å². The summed E-state index contributed by atoms with van der Waals surface area (Å²) in [5, 5.41) is 0. The molecule has 0 radical (unpaired) electrons. The van der Waals surface area contributed by atoms with Gasteiger partial charge in [0.1, 0.15) is 0 Å². The van der Waals surface area contributed by atoms with Crippen LogP contribution in [0.5, 0.6) is 0 Å². The second kappa shape index (κ2) is 14.2. The third-order valence-corrected chi connectivity index (χ3v) is 16.1. The van der Waals surface area contributed by atoms with Gasteiger partial charge in [0.15, 0.2) is 0 Å². The Balaban J connectivity index is 4.04. The van der Waals surface area contributed by atoms with Crippen molar-refractivity contribution in [2.75, 3.05) is 26.2 Å². The summed E-state index contributed by atoms with van der Waals surface area (Å²) in [7, 11) is 0. The van der Waals surface area contributed by atoms with E-state index in [1.54, 1.807) is 12.5 Å². The zero-order valence-corrected chi connectivity index (χ0v) is 20.0. The van der Waals surface area contributed by atoms with Crippen molar-refractivity contribution in [2.45, 2.75) is 92.3 Å². The van der Waals surface area contributed by atoms with Crippen molar-refractivity contribution in [3.8, 4) is 0 Å². The van der Waals surface area contributed by atoms with Gasteiger partial charge in [-0.3, -0.25) is 0 Å². The van der Waals surface area contributed by atoms with Crippen molar-refractivity contribution in [1.29, 1.82) is 0 Å². The Morgan fingerprint density at radius 2 is 1.09 bits per heavy atom. The van der Waals surface area contributed by atoms with Gasteiger partial charge in [-0.05, 0) is 0 Å². The van der Waals surface area contributed by atoms with Crippen LogP contribution in [0.1, 0.15) is 67.7 Å². The summed E-state index contributed by atoms with van der Waals surface area (Å²) >= 11 is -1.22. The standard InChI is InChI=1S/2C8H18N.C3H7.In/c2*1-5-7-9(6-2)8(3)4;1-3-2;/h2*8H,1,5-7H2,2-4H3;1,3H2,2H3;. The van der Waals surface area contributed by atoms with Gasteiger partial charge >= 0.3 is 150 Å². The molecule has 0 N–H and O–H groups in total. The summed E-state index contributed by atoms with van der Waals surface area (Å²) in [6.45, 7) is 21.4. The van der Waals surface area contributed by atoms with Gasteiger partial charge in [0.05, 0.1) is 0 Å². The summed E-state index contributed by atoms with van der Waals surface area (Å²) in [5.74, 6) is 0. The molecule has 0 bridgehead atoms. The monoisotopic (exact) mass is 414 g/mol. The molecule has 0 amide bonds. The second-order valence-electron chi connectivity index (χ2n) is 7.38. The summed E-state index contributed by atoms with van der Waals surface area (Å²) in [5.41, 5.74) is 0. The van der Waals surface area contributed by atoms with E-state index in [1.165, 1.54) is 45.4 Å². The van der Waals surface area contributed by atoms with Gasteiger partial charge < -0.3 is 0 Å². The van der Waals surface area contributed by atoms with Crippen LogP contribution in [-0.2, 0) is 0 Å². The molecule has 0 aliphatic carbocycles. The van der Waals surface area contributed by atoms with Crippen LogP contribution in [-0.4, -0.2) is 69.5 Å². The van der Waals surface area contributed by atoms with Crippen molar-refractivity contribution in [2.24, 2.45) is 0 Å². The van der Waals surface area contributed by atoms with Gasteiger partial charge in [-0.25, -0.2) is 0 Å². The van der Waals surface area contributed by atoms with Crippen molar-refractivity contribution < 1.29 is 0 Å². The van der Waals surface area contributed by atoms with E-state index >= 15 is 0 Å². The van der Waals surface area contributed by atoms with Crippen LogP contribution in [0.3, 0.4) is 0 Å². The van der Waals surface area contributed by atoms with Crippen LogP contribution < -0.4 is 0 Å². The third-order valence-electron chi connectivity index (χ3n) is 5.09. The van der Waals surface area contributed by atoms with E-state index in [0.29, 0.717) is 12.1 Å². The minimum atomic E-state index is -1.22. The van der Waals surface area contributed by atoms with Gasteiger partial charge in [-0.1, -0.05) is 0 Å². The van der Waals surface area contributed by atoms with Crippen LogP contribution in [0.2, 0.25) is 12.5 Å². The van der Waals surface area contributed by atoms with Gasteiger partial charge in [-0.15, -0.1) is 0 Å². The first kappa shape index (κ1) is 22.8. The summed E-state index contributed by atoms with van der Waals surface area (Å²) in [6, 6.07) is 1.43. The fourth-order valence-corrected chi connectivity index (χ4v) is 12.7. The first-order chi connectivity index (χ1) is 10.5. The Hall–Kier alpha value is 0.790. The van der Waals surface area contributed by atoms with Crippen LogP contribution in [0.4, 0.5) is 0 Å². The summed E-state index contributed by atoms with van der Waals surface area (Å²) in [4.78, 5) is 5.26. The van der Waals surface area contributed by atoms with E-state index in [0.717, 1.165) is 0 Å². The second-order valence-corrected chi connectivity index (χ2v) is 17.3. The summed E-state index contributed by atoms with van der Waals surface area (Å²) < 4.78 is 4.89. The average Bonchev–Trinajstić information content (AvgIpc) is 2.47. The Kier molecular flexibility index (Phi) is 14.7. The molecule has 0 saturated carbocycles. The van der Waals surface area contributed by atoms with Gasteiger partial charge in [0.25, 0.3) is 0 Å². The summed E-state index contributed by atoms with van der Waals surface area (Å²) in [6.07, 6.45) is 4.37. The van der Waals surface area contributed by atoms with E-state index in [2.05, 4.69) is 58.3 Å². The molecule has 0 unspecified atom stereocenters. The molecule has 0 heterocycles. The zero-order chi connectivity index (χ0) is 17.0. The van der Waals surface area contributed by atoms with Crippen molar-refractivity contribution in [3.05, 3.63) is 0 Å². The fraction of sp³-hybridized carbons (Fsp3) is 1.00. The molecule has 0 aromatic carbocycles. The van der Waals surface area contributed by atoms with E-state index < -0.39 is 21.4 Å². The topological polar surface area (TPSA) is 6.48 Å². The molecule has 3 heteroatoms. The zero-order valence-electron chi connectivity index (χ0n) is 16.7. The maximum atomic E-state index is 2.63. The number of hydrogen-bond donors (Lipinski definition) is 0. The molecule has 0 atom stereocenters. The molecule has 0 aliphatic heterocycles.